The summed E-state index contributed by atoms with van der Waals surface area (Å²) < 4.78 is 5.37. The highest BCUT2D eigenvalue weighted by molar-refractivity contribution is 7.80. The third-order valence-corrected chi connectivity index (χ3v) is 3.70. The fourth-order valence-corrected chi connectivity index (χ4v) is 2.65. The maximum atomic E-state index is 5.79. The molecule has 1 fully saturated rings. The molecule has 0 aromatic heterocycles. The molecule has 1 heterocycles. The van der Waals surface area contributed by atoms with Crippen molar-refractivity contribution in [3.8, 4) is 0 Å². The van der Waals surface area contributed by atoms with Crippen LogP contribution in [-0.2, 0) is 4.74 Å². The molecule has 1 aliphatic rings. The van der Waals surface area contributed by atoms with E-state index in [1.807, 2.05) is 12.1 Å². The van der Waals surface area contributed by atoms with Gasteiger partial charge in [-0.25, -0.2) is 0 Å². The number of benzene rings is 1. The van der Waals surface area contributed by atoms with Crippen molar-refractivity contribution in [2.75, 3.05) is 38.2 Å². The molecular formula is C15H23N3OS. The van der Waals surface area contributed by atoms with E-state index in [2.05, 4.69) is 30.1 Å². The second-order valence-electron chi connectivity index (χ2n) is 5.37. The summed E-state index contributed by atoms with van der Waals surface area (Å²) in [5.41, 5.74) is 8.93. The number of nitrogens with zero attached hydrogens (tertiary/aromatic N) is 1. The molecule has 4 nitrogen and oxygen atoms in total. The minimum Gasteiger partial charge on any atom is -0.389 e. The number of nitrogens with one attached hydrogen (secondary N) is 1. The van der Waals surface area contributed by atoms with Crippen molar-refractivity contribution < 1.29 is 4.74 Å². The molecule has 2 rings (SSSR count). The van der Waals surface area contributed by atoms with Crippen LogP contribution in [0.5, 0.6) is 0 Å². The van der Waals surface area contributed by atoms with Gasteiger partial charge in [0.25, 0.3) is 0 Å². The Labute approximate surface area is 126 Å². The summed E-state index contributed by atoms with van der Waals surface area (Å²) in [6.07, 6.45) is 0. The predicted molar refractivity (Wildman–Crippen MR) is 87.4 cm³/mol. The zero-order valence-corrected chi connectivity index (χ0v) is 13.0. The van der Waals surface area contributed by atoms with Gasteiger partial charge in [-0.15, -0.1) is 0 Å². The Hall–Kier alpha value is -1.17. The first-order valence-corrected chi connectivity index (χ1v) is 7.44. The van der Waals surface area contributed by atoms with Gasteiger partial charge >= 0.3 is 0 Å². The van der Waals surface area contributed by atoms with Gasteiger partial charge in [0.05, 0.1) is 13.2 Å². The SMILES string of the molecule is Cc1ccc(C(N)=S)c(NC(C)CN2CCOCC2)c1. The van der Waals surface area contributed by atoms with Gasteiger partial charge in [-0.1, -0.05) is 18.3 Å². The third kappa shape index (κ3) is 4.16. The van der Waals surface area contributed by atoms with E-state index in [1.54, 1.807) is 0 Å². The number of thiocarbonyl (C=S) groups is 1. The fourth-order valence-electron chi connectivity index (χ4n) is 2.47. The van der Waals surface area contributed by atoms with Crippen LogP contribution in [0.2, 0.25) is 0 Å². The van der Waals surface area contributed by atoms with Gasteiger partial charge < -0.3 is 15.8 Å². The number of morpholine rings is 1. The molecule has 5 heteroatoms. The maximum absolute atomic E-state index is 5.79. The van der Waals surface area contributed by atoms with Gasteiger partial charge in [-0.3, -0.25) is 4.90 Å². The molecule has 20 heavy (non-hydrogen) atoms. The van der Waals surface area contributed by atoms with Crippen LogP contribution >= 0.6 is 12.2 Å². The number of nitrogens with two attached hydrogens (primary N) is 1. The van der Waals surface area contributed by atoms with Gasteiger partial charge in [0.1, 0.15) is 4.99 Å². The van der Waals surface area contributed by atoms with E-state index >= 15 is 0 Å². The largest absolute Gasteiger partial charge is 0.389 e. The predicted octanol–water partition coefficient (Wildman–Crippen LogP) is 1.76. The van der Waals surface area contributed by atoms with Crippen LogP contribution in [0.15, 0.2) is 18.2 Å². The lowest BCUT2D eigenvalue weighted by Crippen LogP contribution is -2.42. The van der Waals surface area contributed by atoms with Crippen molar-refractivity contribution in [1.29, 1.82) is 0 Å². The molecule has 3 N–H and O–H groups in total. The van der Waals surface area contributed by atoms with E-state index in [0.717, 1.165) is 44.1 Å². The van der Waals surface area contributed by atoms with Crippen LogP contribution in [0.25, 0.3) is 0 Å². The Kier molecular flexibility index (Phi) is 5.34. The van der Waals surface area contributed by atoms with Crippen LogP contribution < -0.4 is 11.1 Å². The standard InChI is InChI=1S/C15H23N3OS/c1-11-3-4-13(15(16)20)14(9-11)17-12(2)10-18-5-7-19-8-6-18/h3-4,9,12,17H,5-8,10H2,1-2H3,(H2,16,20). The lowest BCUT2D eigenvalue weighted by Gasteiger charge is -2.30. The van der Waals surface area contributed by atoms with Crippen molar-refractivity contribution in [3.63, 3.8) is 0 Å². The average Bonchev–Trinajstić information content (AvgIpc) is 2.39. The molecule has 110 valence electrons. The molecule has 0 spiro atoms. The topological polar surface area (TPSA) is 50.5 Å². The highest BCUT2D eigenvalue weighted by atomic mass is 32.1. The minimum absolute atomic E-state index is 0.336. The van der Waals surface area contributed by atoms with Crippen molar-refractivity contribution in [2.45, 2.75) is 19.9 Å². The van der Waals surface area contributed by atoms with E-state index < -0.39 is 0 Å². The van der Waals surface area contributed by atoms with Crippen molar-refractivity contribution in [2.24, 2.45) is 5.73 Å². The summed E-state index contributed by atoms with van der Waals surface area (Å²) in [7, 11) is 0. The molecule has 0 bridgehead atoms. The van der Waals surface area contributed by atoms with Crippen LogP contribution in [-0.4, -0.2) is 48.8 Å². The molecule has 1 saturated heterocycles. The molecule has 0 aliphatic carbocycles. The summed E-state index contributed by atoms with van der Waals surface area (Å²) >= 11 is 5.12. The Balaban J connectivity index is 2.00. The normalized spacial score (nSPS) is 17.7. The van der Waals surface area contributed by atoms with E-state index in [-0.39, 0.29) is 0 Å². The van der Waals surface area contributed by atoms with Gasteiger partial charge in [0.2, 0.25) is 0 Å². The van der Waals surface area contributed by atoms with E-state index in [9.17, 15) is 0 Å². The smallest absolute Gasteiger partial charge is 0.106 e. The Morgan fingerprint density at radius 2 is 2.15 bits per heavy atom. The first-order chi connectivity index (χ1) is 9.56. The number of aryl methyl sites for hydroxylation is 1. The monoisotopic (exact) mass is 293 g/mol. The lowest BCUT2D eigenvalue weighted by molar-refractivity contribution is 0.0368. The van der Waals surface area contributed by atoms with Gasteiger partial charge in [0, 0.05) is 36.9 Å². The number of hydrogen-bond donors (Lipinski definition) is 2. The summed E-state index contributed by atoms with van der Waals surface area (Å²) in [4.78, 5) is 2.85. The molecule has 1 aliphatic heterocycles. The fraction of sp³-hybridized carbons (Fsp3) is 0.533. The van der Waals surface area contributed by atoms with Crippen molar-refractivity contribution >= 4 is 22.9 Å². The van der Waals surface area contributed by atoms with Crippen LogP contribution in [0.1, 0.15) is 18.1 Å². The van der Waals surface area contributed by atoms with Crippen molar-refractivity contribution in [3.05, 3.63) is 29.3 Å². The van der Waals surface area contributed by atoms with E-state index in [0.29, 0.717) is 11.0 Å². The summed E-state index contributed by atoms with van der Waals surface area (Å²) in [5.74, 6) is 0. The third-order valence-electron chi connectivity index (χ3n) is 3.48. The highest BCUT2D eigenvalue weighted by Crippen LogP contribution is 2.19. The number of hydrogen-bond acceptors (Lipinski definition) is 4. The Morgan fingerprint density at radius 1 is 1.45 bits per heavy atom. The van der Waals surface area contributed by atoms with E-state index in [1.165, 1.54) is 5.56 Å². The zero-order valence-electron chi connectivity index (χ0n) is 12.2. The first-order valence-electron chi connectivity index (χ1n) is 7.03. The quantitative estimate of drug-likeness (QED) is 0.810. The molecular weight excluding hydrogens is 270 g/mol. The molecule has 1 atom stereocenters. The summed E-state index contributed by atoms with van der Waals surface area (Å²) in [5, 5.41) is 3.53. The molecule has 0 amide bonds. The van der Waals surface area contributed by atoms with Crippen molar-refractivity contribution in [1.82, 2.24) is 4.90 Å². The van der Waals surface area contributed by atoms with Gasteiger partial charge in [-0.2, -0.15) is 0 Å². The maximum Gasteiger partial charge on any atom is 0.106 e. The second-order valence-corrected chi connectivity index (χ2v) is 5.81. The lowest BCUT2D eigenvalue weighted by atomic mass is 10.1. The van der Waals surface area contributed by atoms with Crippen LogP contribution in [0, 0.1) is 6.92 Å². The molecule has 1 unspecified atom stereocenters. The Bertz CT molecular complexity index is 472. The Morgan fingerprint density at radius 3 is 2.80 bits per heavy atom. The zero-order chi connectivity index (χ0) is 14.5. The molecule has 1 aromatic carbocycles. The van der Waals surface area contributed by atoms with E-state index in [4.69, 9.17) is 22.7 Å². The first kappa shape index (κ1) is 15.2. The number of rotatable bonds is 5. The van der Waals surface area contributed by atoms with Crippen LogP contribution in [0.4, 0.5) is 5.69 Å². The minimum atomic E-state index is 0.336. The summed E-state index contributed by atoms with van der Waals surface area (Å²) in [6.45, 7) is 8.91. The molecule has 0 saturated carbocycles. The molecule has 1 aromatic rings. The average molecular weight is 293 g/mol. The highest BCUT2D eigenvalue weighted by Gasteiger charge is 2.15. The second kappa shape index (κ2) is 7.02. The van der Waals surface area contributed by atoms with Gasteiger partial charge in [-0.05, 0) is 31.5 Å². The van der Waals surface area contributed by atoms with Gasteiger partial charge in [0.15, 0.2) is 0 Å². The molecule has 0 radical (unpaired) electrons. The number of ether oxygens (including phenoxy) is 1. The number of anilines is 1. The summed E-state index contributed by atoms with van der Waals surface area (Å²) in [6, 6.07) is 6.46. The van der Waals surface area contributed by atoms with Crippen LogP contribution in [0.3, 0.4) is 0 Å².